The molecule has 0 spiro atoms. The van der Waals surface area contributed by atoms with Crippen LogP contribution in [-0.4, -0.2) is 10.7 Å². The lowest BCUT2D eigenvalue weighted by Gasteiger charge is -1.87. The molecule has 0 saturated carbocycles. The van der Waals surface area contributed by atoms with E-state index in [2.05, 4.69) is 46.0 Å². The Kier molecular flexibility index (Phi) is 2.91. The van der Waals surface area contributed by atoms with E-state index in [9.17, 15) is 0 Å². The molecular weight excluding hydrogens is 266 g/mol. The molecule has 1 heterocycles. The highest BCUT2D eigenvalue weighted by atomic mass is 79.9. The van der Waals surface area contributed by atoms with Crippen LogP contribution in [-0.2, 0) is 0 Å². The topological polar surface area (TPSA) is 12.9 Å². The van der Waals surface area contributed by atoms with E-state index in [-0.39, 0.29) is 0 Å². The molecule has 1 aromatic heterocycles. The molecule has 0 unspecified atom stereocenters. The van der Waals surface area contributed by atoms with Gasteiger partial charge in [-0.15, -0.1) is 11.3 Å². The zero-order valence-electron chi connectivity index (χ0n) is 7.08. The number of rotatable bonds is 2. The Morgan fingerprint density at radius 2 is 2.38 bits per heavy atom. The first-order chi connectivity index (χ1) is 6.29. The molecule has 0 amide bonds. The van der Waals surface area contributed by atoms with Gasteiger partial charge in [0.25, 0.3) is 0 Å². The maximum absolute atomic E-state index is 4.51. The third-order valence-electron chi connectivity index (χ3n) is 1.60. The van der Waals surface area contributed by atoms with Crippen LogP contribution in [0.25, 0.3) is 10.2 Å². The molecular formula is C9H8BrNS2. The minimum absolute atomic E-state index is 1.08. The number of thiazole rings is 1. The highest BCUT2D eigenvalue weighted by Gasteiger charge is 2.02. The second kappa shape index (κ2) is 3.98. The summed E-state index contributed by atoms with van der Waals surface area (Å²) in [5, 5.41) is 0. The van der Waals surface area contributed by atoms with Crippen LogP contribution in [0.2, 0.25) is 0 Å². The summed E-state index contributed by atoms with van der Waals surface area (Å²) in [7, 11) is 0. The number of benzene rings is 1. The molecule has 0 atom stereocenters. The Hall–Kier alpha value is -0.0600. The zero-order chi connectivity index (χ0) is 9.26. The van der Waals surface area contributed by atoms with Gasteiger partial charge in [0.15, 0.2) is 4.34 Å². The van der Waals surface area contributed by atoms with Crippen LogP contribution in [0.15, 0.2) is 27.0 Å². The molecule has 1 nitrogen and oxygen atoms in total. The van der Waals surface area contributed by atoms with Gasteiger partial charge < -0.3 is 0 Å². The fourth-order valence-electron chi connectivity index (χ4n) is 1.06. The number of fused-ring (bicyclic) bond motifs is 1. The van der Waals surface area contributed by atoms with Crippen LogP contribution in [0.4, 0.5) is 0 Å². The highest BCUT2D eigenvalue weighted by Crippen LogP contribution is 2.30. The van der Waals surface area contributed by atoms with Gasteiger partial charge in [0, 0.05) is 4.47 Å². The number of hydrogen-bond donors (Lipinski definition) is 0. The summed E-state index contributed by atoms with van der Waals surface area (Å²) in [6.45, 7) is 2.15. The van der Waals surface area contributed by atoms with Crippen molar-refractivity contribution in [2.45, 2.75) is 11.3 Å². The maximum Gasteiger partial charge on any atom is 0.151 e. The van der Waals surface area contributed by atoms with Crippen LogP contribution in [0.1, 0.15) is 6.92 Å². The van der Waals surface area contributed by atoms with Gasteiger partial charge in [0.05, 0.1) is 10.2 Å². The van der Waals surface area contributed by atoms with Gasteiger partial charge in [0.2, 0.25) is 0 Å². The van der Waals surface area contributed by atoms with Crippen molar-refractivity contribution < 1.29 is 0 Å². The molecule has 2 rings (SSSR count). The highest BCUT2D eigenvalue weighted by molar-refractivity contribution is 9.10. The van der Waals surface area contributed by atoms with Crippen molar-refractivity contribution in [1.82, 2.24) is 4.98 Å². The van der Waals surface area contributed by atoms with Gasteiger partial charge in [-0.05, 0) is 24.0 Å². The Labute approximate surface area is 93.7 Å². The van der Waals surface area contributed by atoms with E-state index >= 15 is 0 Å². The molecule has 0 bridgehead atoms. The second-order valence-corrected chi connectivity index (χ2v) is 5.98. The van der Waals surface area contributed by atoms with Crippen molar-refractivity contribution in [2.75, 3.05) is 5.75 Å². The van der Waals surface area contributed by atoms with Crippen LogP contribution < -0.4 is 0 Å². The second-order valence-electron chi connectivity index (χ2n) is 2.52. The molecule has 68 valence electrons. The third kappa shape index (κ3) is 2.06. The summed E-state index contributed by atoms with van der Waals surface area (Å²) >= 11 is 7.00. The van der Waals surface area contributed by atoms with Crippen LogP contribution >= 0.6 is 39.0 Å². The van der Waals surface area contributed by atoms with E-state index in [1.807, 2.05) is 0 Å². The lowest BCUT2D eigenvalue weighted by atomic mass is 10.3. The standard InChI is InChI=1S/C9H8BrNS2/c1-2-12-9-11-7-5-6(10)3-4-8(7)13-9/h3-5H,2H2,1H3. The summed E-state index contributed by atoms with van der Waals surface area (Å²) in [6.07, 6.45) is 0. The zero-order valence-corrected chi connectivity index (χ0v) is 10.3. The minimum atomic E-state index is 1.08. The van der Waals surface area contributed by atoms with Gasteiger partial charge >= 0.3 is 0 Å². The molecule has 4 heteroatoms. The summed E-state index contributed by atoms with van der Waals surface area (Å²) in [5.41, 5.74) is 1.09. The Balaban J connectivity index is 2.49. The molecule has 0 N–H and O–H groups in total. The van der Waals surface area contributed by atoms with Crippen LogP contribution in [0, 0.1) is 0 Å². The minimum Gasteiger partial charge on any atom is -0.230 e. The molecule has 0 radical (unpaired) electrons. The first-order valence-corrected chi connectivity index (χ1v) is 6.58. The van der Waals surface area contributed by atoms with Crippen molar-refractivity contribution in [2.24, 2.45) is 0 Å². The summed E-state index contributed by atoms with van der Waals surface area (Å²) < 4.78 is 3.52. The Bertz CT molecular complexity index is 424. The molecule has 0 aliphatic rings. The SMILES string of the molecule is CCSc1nc2cc(Br)ccc2s1. The van der Waals surface area contributed by atoms with Gasteiger partial charge in [-0.1, -0.05) is 34.6 Å². The quantitative estimate of drug-likeness (QED) is 0.762. The van der Waals surface area contributed by atoms with E-state index in [1.54, 1.807) is 23.1 Å². The number of thioether (sulfide) groups is 1. The van der Waals surface area contributed by atoms with Crippen LogP contribution in [0.3, 0.4) is 0 Å². The third-order valence-corrected chi connectivity index (χ3v) is 4.15. The van der Waals surface area contributed by atoms with Crippen molar-refractivity contribution in [1.29, 1.82) is 0 Å². The summed E-state index contributed by atoms with van der Waals surface area (Å²) in [4.78, 5) is 4.51. The number of hydrogen-bond acceptors (Lipinski definition) is 3. The predicted molar refractivity (Wildman–Crippen MR) is 63.7 cm³/mol. The van der Waals surface area contributed by atoms with E-state index < -0.39 is 0 Å². The molecule has 0 fully saturated rings. The van der Waals surface area contributed by atoms with Gasteiger partial charge in [0.1, 0.15) is 0 Å². The van der Waals surface area contributed by atoms with E-state index in [1.165, 1.54) is 4.70 Å². The largest absolute Gasteiger partial charge is 0.230 e. The fourth-order valence-corrected chi connectivity index (χ4v) is 3.36. The molecule has 0 aliphatic carbocycles. The first kappa shape index (κ1) is 9.49. The van der Waals surface area contributed by atoms with Crippen LogP contribution in [0.5, 0.6) is 0 Å². The molecule has 0 saturated heterocycles. The van der Waals surface area contributed by atoms with Gasteiger partial charge in [-0.2, -0.15) is 0 Å². The van der Waals surface area contributed by atoms with E-state index in [0.29, 0.717) is 0 Å². The average molecular weight is 274 g/mol. The Morgan fingerprint density at radius 3 is 3.15 bits per heavy atom. The van der Waals surface area contributed by atoms with E-state index in [0.717, 1.165) is 20.1 Å². The molecule has 1 aromatic carbocycles. The molecule has 2 aromatic rings. The maximum atomic E-state index is 4.51. The van der Waals surface area contributed by atoms with Gasteiger partial charge in [-0.25, -0.2) is 4.98 Å². The predicted octanol–water partition coefficient (Wildman–Crippen LogP) is 4.17. The van der Waals surface area contributed by atoms with Crippen molar-refractivity contribution >= 4 is 49.2 Å². The van der Waals surface area contributed by atoms with E-state index in [4.69, 9.17) is 0 Å². The van der Waals surface area contributed by atoms with Crippen molar-refractivity contribution in [3.8, 4) is 0 Å². The smallest absolute Gasteiger partial charge is 0.151 e. The number of nitrogens with zero attached hydrogens (tertiary/aromatic N) is 1. The lowest BCUT2D eigenvalue weighted by Crippen LogP contribution is -1.70. The fraction of sp³-hybridized carbons (Fsp3) is 0.222. The lowest BCUT2D eigenvalue weighted by molar-refractivity contribution is 1.30. The number of aromatic nitrogens is 1. The molecule has 0 aliphatic heterocycles. The first-order valence-electron chi connectivity index (χ1n) is 3.98. The van der Waals surface area contributed by atoms with Crippen molar-refractivity contribution in [3.05, 3.63) is 22.7 Å². The average Bonchev–Trinajstić information content (AvgIpc) is 2.46. The number of halogens is 1. The summed E-state index contributed by atoms with van der Waals surface area (Å²) in [6, 6.07) is 6.23. The Morgan fingerprint density at radius 1 is 1.54 bits per heavy atom. The monoisotopic (exact) mass is 273 g/mol. The summed E-state index contributed by atoms with van der Waals surface area (Å²) in [5.74, 6) is 1.08. The molecule has 13 heavy (non-hydrogen) atoms. The van der Waals surface area contributed by atoms with Gasteiger partial charge in [-0.3, -0.25) is 0 Å². The normalized spacial score (nSPS) is 10.9. The van der Waals surface area contributed by atoms with Crippen molar-refractivity contribution in [3.63, 3.8) is 0 Å².